The number of carbonyl (C=O) groups excluding carboxylic acids is 1. The van der Waals surface area contributed by atoms with E-state index in [4.69, 9.17) is 14.2 Å². The van der Waals surface area contributed by atoms with Crippen molar-refractivity contribution in [1.29, 1.82) is 0 Å². The maximum atomic E-state index is 12.6. The van der Waals surface area contributed by atoms with Crippen molar-refractivity contribution < 1.29 is 23.6 Å². The highest BCUT2D eigenvalue weighted by Gasteiger charge is 2.32. The van der Waals surface area contributed by atoms with Crippen molar-refractivity contribution in [2.75, 3.05) is 20.3 Å². The number of hydrogen-bond donors (Lipinski definition) is 1. The van der Waals surface area contributed by atoms with E-state index in [0.717, 1.165) is 5.56 Å². The van der Waals surface area contributed by atoms with Crippen LogP contribution in [-0.2, 0) is 20.9 Å². The summed E-state index contributed by atoms with van der Waals surface area (Å²) < 4.78 is 31.5. The zero-order chi connectivity index (χ0) is 18.4. The minimum Gasteiger partial charge on any atom is -0.598 e. The Bertz CT molecular complexity index is 587. The summed E-state index contributed by atoms with van der Waals surface area (Å²) in [7, 11) is 1.38. The molecule has 140 valence electrons. The maximum absolute atomic E-state index is 12.6. The topological polar surface area (TPSA) is 79.9 Å². The van der Waals surface area contributed by atoms with Crippen molar-refractivity contribution in [3.63, 3.8) is 0 Å². The summed E-state index contributed by atoms with van der Waals surface area (Å²) >= 11 is -1.25. The average Bonchev–Trinajstić information content (AvgIpc) is 2.59. The summed E-state index contributed by atoms with van der Waals surface area (Å²) in [6, 6.07) is 5.51. The van der Waals surface area contributed by atoms with Gasteiger partial charge in [-0.3, -0.25) is 4.79 Å². The van der Waals surface area contributed by atoms with E-state index in [9.17, 15) is 9.35 Å². The second-order valence-corrected chi connectivity index (χ2v) is 8.89. The Morgan fingerprint density at radius 3 is 2.76 bits per heavy atom. The molecule has 25 heavy (non-hydrogen) atoms. The first-order valence-electron chi connectivity index (χ1n) is 8.46. The zero-order valence-corrected chi connectivity index (χ0v) is 16.1. The van der Waals surface area contributed by atoms with Crippen molar-refractivity contribution in [1.82, 2.24) is 4.72 Å². The fourth-order valence-electron chi connectivity index (χ4n) is 2.51. The number of ether oxygens (including phenoxy) is 3. The normalized spacial score (nSPS) is 16.2. The molecule has 2 atom stereocenters. The Labute approximate surface area is 152 Å². The summed E-state index contributed by atoms with van der Waals surface area (Å²) in [6.45, 7) is 6.76. The lowest BCUT2D eigenvalue weighted by molar-refractivity contribution is -0.140. The molecule has 0 saturated heterocycles. The Kier molecular flexibility index (Phi) is 6.98. The van der Waals surface area contributed by atoms with Gasteiger partial charge < -0.3 is 18.8 Å². The number of benzene rings is 1. The number of fused-ring (bicyclic) bond motifs is 1. The standard InChI is InChI=1S/C18H27NO5S/c1-18(2,3)25(21)19-14(8-6-10-16(20)22-4)13-7-5-9-15-17(13)24-12-11-23-15/h5,7,9,14,19H,6,8,10-12H2,1-4H3. The van der Waals surface area contributed by atoms with Crippen LogP contribution in [0.3, 0.4) is 0 Å². The molecule has 1 aliphatic rings. The third-order valence-corrected chi connectivity index (χ3v) is 5.49. The van der Waals surface area contributed by atoms with Gasteiger partial charge >= 0.3 is 5.97 Å². The fraction of sp³-hybridized carbons (Fsp3) is 0.611. The molecule has 0 spiro atoms. The summed E-state index contributed by atoms with van der Waals surface area (Å²) in [4.78, 5) is 11.4. The number of nitrogens with one attached hydrogen (secondary N) is 1. The molecule has 0 radical (unpaired) electrons. The van der Waals surface area contributed by atoms with E-state index in [1.54, 1.807) is 0 Å². The van der Waals surface area contributed by atoms with E-state index in [2.05, 4.69) is 4.72 Å². The smallest absolute Gasteiger partial charge is 0.305 e. The summed E-state index contributed by atoms with van der Waals surface area (Å²) in [6.07, 6.45) is 1.58. The highest BCUT2D eigenvalue weighted by atomic mass is 32.2. The van der Waals surface area contributed by atoms with Gasteiger partial charge in [-0.2, -0.15) is 0 Å². The molecule has 2 unspecified atom stereocenters. The van der Waals surface area contributed by atoms with E-state index >= 15 is 0 Å². The van der Waals surface area contributed by atoms with Crippen LogP contribution in [0.15, 0.2) is 18.2 Å². The maximum Gasteiger partial charge on any atom is 0.305 e. The predicted octanol–water partition coefficient (Wildman–Crippen LogP) is 2.89. The Morgan fingerprint density at radius 1 is 1.36 bits per heavy atom. The van der Waals surface area contributed by atoms with Crippen molar-refractivity contribution in [3.05, 3.63) is 23.8 Å². The number of carbonyl (C=O) groups is 1. The lowest BCUT2D eigenvalue weighted by Gasteiger charge is -2.30. The third kappa shape index (κ3) is 5.52. The Balaban J connectivity index is 2.20. The van der Waals surface area contributed by atoms with E-state index in [1.165, 1.54) is 7.11 Å². The van der Waals surface area contributed by atoms with Gasteiger partial charge in [0.15, 0.2) is 11.5 Å². The first-order valence-corrected chi connectivity index (χ1v) is 9.61. The van der Waals surface area contributed by atoms with Gasteiger partial charge in [0.2, 0.25) is 0 Å². The first-order chi connectivity index (χ1) is 11.8. The molecule has 0 saturated carbocycles. The summed E-state index contributed by atoms with van der Waals surface area (Å²) in [5.41, 5.74) is 0.902. The molecule has 0 bridgehead atoms. The van der Waals surface area contributed by atoms with Gasteiger partial charge in [0.05, 0.1) is 13.2 Å². The molecule has 0 aromatic heterocycles. The van der Waals surface area contributed by atoms with Crippen LogP contribution < -0.4 is 14.2 Å². The molecule has 7 heteroatoms. The van der Waals surface area contributed by atoms with Gasteiger partial charge in [-0.05, 0) is 39.7 Å². The van der Waals surface area contributed by atoms with Crippen LogP contribution in [0.4, 0.5) is 0 Å². The van der Waals surface area contributed by atoms with Crippen LogP contribution in [0.5, 0.6) is 11.5 Å². The SMILES string of the molecule is COC(=O)CCCC(N[S+]([O-])C(C)(C)C)c1cccc2c1OCCO2. The highest BCUT2D eigenvalue weighted by molar-refractivity contribution is 7.90. The number of methoxy groups -OCH3 is 1. The molecular weight excluding hydrogens is 342 g/mol. The van der Waals surface area contributed by atoms with Crippen molar-refractivity contribution in [2.24, 2.45) is 0 Å². The lowest BCUT2D eigenvalue weighted by atomic mass is 10.00. The van der Waals surface area contributed by atoms with Crippen LogP contribution in [0, 0.1) is 0 Å². The van der Waals surface area contributed by atoms with Gasteiger partial charge in [0, 0.05) is 23.3 Å². The van der Waals surface area contributed by atoms with Gasteiger partial charge in [-0.15, -0.1) is 4.72 Å². The lowest BCUT2D eigenvalue weighted by Crippen LogP contribution is -2.41. The van der Waals surface area contributed by atoms with E-state index in [0.29, 0.717) is 44.0 Å². The Morgan fingerprint density at radius 2 is 2.08 bits per heavy atom. The molecule has 2 rings (SSSR count). The molecule has 1 heterocycles. The number of rotatable bonds is 7. The molecule has 6 nitrogen and oxygen atoms in total. The Hall–Kier alpha value is -1.44. The van der Waals surface area contributed by atoms with Crippen molar-refractivity contribution >= 4 is 17.3 Å². The molecule has 0 fully saturated rings. The van der Waals surface area contributed by atoms with Crippen molar-refractivity contribution in [2.45, 2.75) is 50.8 Å². The van der Waals surface area contributed by atoms with Gasteiger partial charge in [-0.25, -0.2) is 0 Å². The van der Waals surface area contributed by atoms with Gasteiger partial charge in [0.1, 0.15) is 18.0 Å². The molecular formula is C18H27NO5S. The van der Waals surface area contributed by atoms with E-state index < -0.39 is 16.1 Å². The van der Waals surface area contributed by atoms with Gasteiger partial charge in [0.25, 0.3) is 0 Å². The molecule has 1 aromatic carbocycles. The minimum atomic E-state index is -1.25. The first kappa shape index (κ1) is 19.9. The number of esters is 1. The fourth-order valence-corrected chi connectivity index (χ4v) is 3.36. The quantitative estimate of drug-likeness (QED) is 0.588. The molecule has 0 amide bonds. The molecule has 1 aliphatic heterocycles. The van der Waals surface area contributed by atoms with Gasteiger partial charge in [-0.1, -0.05) is 12.1 Å². The second kappa shape index (κ2) is 8.78. The summed E-state index contributed by atoms with van der Waals surface area (Å²) in [5, 5.41) is 0. The van der Waals surface area contributed by atoms with Crippen LogP contribution >= 0.6 is 0 Å². The monoisotopic (exact) mass is 369 g/mol. The average molecular weight is 369 g/mol. The van der Waals surface area contributed by atoms with E-state index in [1.807, 2.05) is 39.0 Å². The highest BCUT2D eigenvalue weighted by Crippen LogP contribution is 2.39. The van der Waals surface area contributed by atoms with E-state index in [-0.39, 0.29) is 12.0 Å². The minimum absolute atomic E-state index is 0.207. The third-order valence-electron chi connectivity index (χ3n) is 3.88. The van der Waals surface area contributed by atoms with Crippen LogP contribution in [0.25, 0.3) is 0 Å². The molecule has 1 aromatic rings. The summed E-state index contributed by atoms with van der Waals surface area (Å²) in [5.74, 6) is 1.14. The van der Waals surface area contributed by atoms with Crippen LogP contribution in [0.2, 0.25) is 0 Å². The van der Waals surface area contributed by atoms with Crippen molar-refractivity contribution in [3.8, 4) is 11.5 Å². The van der Waals surface area contributed by atoms with Crippen LogP contribution in [0.1, 0.15) is 51.6 Å². The van der Waals surface area contributed by atoms with Crippen LogP contribution in [-0.4, -0.2) is 35.6 Å². The largest absolute Gasteiger partial charge is 0.598 e. The number of hydrogen-bond acceptors (Lipinski definition) is 6. The molecule has 0 aliphatic carbocycles. The predicted molar refractivity (Wildman–Crippen MR) is 97.1 cm³/mol. The second-order valence-electron chi connectivity index (χ2n) is 6.89. The number of para-hydroxylation sites is 1. The zero-order valence-electron chi connectivity index (χ0n) is 15.3. The molecule has 1 N–H and O–H groups in total.